The first-order valence-electron chi connectivity index (χ1n) is 14.3. The maximum absolute atomic E-state index is 13.4. The number of hydrogen-bond donors (Lipinski definition) is 6. The summed E-state index contributed by atoms with van der Waals surface area (Å²) in [5.74, 6) is -2.22. The highest BCUT2D eigenvalue weighted by molar-refractivity contribution is 5.89. The molecular weight excluding hydrogens is 534 g/mol. The number of quaternary nitrogens is 1. The van der Waals surface area contributed by atoms with Gasteiger partial charge in [-0.15, -0.1) is 0 Å². The van der Waals surface area contributed by atoms with E-state index in [-0.39, 0.29) is 31.1 Å². The third-order valence-electron chi connectivity index (χ3n) is 5.78. The number of carboxylic acid groups (broad SMARTS) is 1. The largest absolute Gasteiger partial charge is 0.481 e. The van der Waals surface area contributed by atoms with Gasteiger partial charge in [0.25, 0.3) is 0 Å². The summed E-state index contributed by atoms with van der Waals surface area (Å²) in [5, 5.41) is 17.6. The standard InChI is InChI=1S/C27H53N7O7/c1-8-40-26(41-9-2)20(11-10-14-30-27(28)29)33-25(39)21(15-18(3)4)32-23(36)13-12-22(35)31-19(16-24(37)38)17-34(5,6)7/h18-21,26H,8-17H2,1-7H3,(H7-,28,29,30,31,32,33,35,36,37,38,39)/p+1. The molecule has 0 aromatic carbocycles. The zero-order valence-electron chi connectivity index (χ0n) is 25.9. The van der Waals surface area contributed by atoms with Gasteiger partial charge in [-0.25, -0.2) is 0 Å². The number of nitrogens with two attached hydrogens (primary N) is 2. The molecule has 14 heteroatoms. The Kier molecular flexibility index (Phi) is 18.5. The van der Waals surface area contributed by atoms with E-state index in [4.69, 9.17) is 20.9 Å². The quantitative estimate of drug-likeness (QED) is 0.0328. The molecule has 238 valence electrons. The average Bonchev–Trinajstić information content (AvgIpc) is 2.82. The second kappa shape index (κ2) is 20.0. The van der Waals surface area contributed by atoms with Crippen LogP contribution in [0.5, 0.6) is 0 Å². The zero-order chi connectivity index (χ0) is 31.6. The Bertz CT molecular complexity index is 836. The number of aliphatic imine (C=N–C) groups is 1. The number of ether oxygens (including phenoxy) is 2. The molecule has 0 radical (unpaired) electrons. The molecule has 0 heterocycles. The Morgan fingerprint density at radius 2 is 1.49 bits per heavy atom. The topological polar surface area (TPSA) is 207 Å². The lowest BCUT2D eigenvalue weighted by Crippen LogP contribution is -2.54. The average molecular weight is 589 g/mol. The number of amides is 3. The first-order valence-corrected chi connectivity index (χ1v) is 14.3. The Morgan fingerprint density at radius 3 is 1.95 bits per heavy atom. The van der Waals surface area contributed by atoms with Gasteiger partial charge in [0.05, 0.1) is 46.2 Å². The molecule has 0 saturated carbocycles. The summed E-state index contributed by atoms with van der Waals surface area (Å²) in [6.45, 7) is 9.07. The van der Waals surface area contributed by atoms with Crippen LogP contribution in [0.25, 0.3) is 0 Å². The van der Waals surface area contributed by atoms with Crippen molar-refractivity contribution in [1.29, 1.82) is 0 Å². The van der Waals surface area contributed by atoms with Gasteiger partial charge in [0.1, 0.15) is 6.04 Å². The Labute approximate surface area is 244 Å². The van der Waals surface area contributed by atoms with Gasteiger partial charge in [-0.2, -0.15) is 0 Å². The van der Waals surface area contributed by atoms with Crippen molar-refractivity contribution in [2.75, 3.05) is 47.4 Å². The molecule has 3 amide bonds. The maximum Gasteiger partial charge on any atom is 0.305 e. The summed E-state index contributed by atoms with van der Waals surface area (Å²) in [5.41, 5.74) is 10.8. The number of nitrogens with one attached hydrogen (secondary N) is 3. The second-order valence-electron chi connectivity index (χ2n) is 11.4. The maximum atomic E-state index is 13.4. The number of nitrogens with zero attached hydrogens (tertiary/aromatic N) is 2. The van der Waals surface area contributed by atoms with Crippen molar-refractivity contribution in [3.8, 4) is 0 Å². The number of carboxylic acids is 1. The van der Waals surface area contributed by atoms with Crippen LogP contribution in [0.3, 0.4) is 0 Å². The minimum absolute atomic E-state index is 0.0177. The number of guanidine groups is 1. The van der Waals surface area contributed by atoms with E-state index in [0.717, 1.165) is 0 Å². The fourth-order valence-corrected chi connectivity index (χ4v) is 4.22. The molecule has 0 aliphatic carbocycles. The molecule has 0 rings (SSSR count). The van der Waals surface area contributed by atoms with Crippen LogP contribution >= 0.6 is 0 Å². The SMILES string of the molecule is CCOC(OCC)C(CCCN=C(N)N)NC(=O)C(CC(C)C)NC(=O)CCC(=O)NC(CC(=O)O)C[N+](C)(C)C. The molecule has 41 heavy (non-hydrogen) atoms. The highest BCUT2D eigenvalue weighted by atomic mass is 16.7. The van der Waals surface area contributed by atoms with E-state index < -0.39 is 48.1 Å². The fourth-order valence-electron chi connectivity index (χ4n) is 4.22. The van der Waals surface area contributed by atoms with E-state index in [1.807, 2.05) is 48.8 Å². The van der Waals surface area contributed by atoms with Crippen molar-refractivity contribution in [3.05, 3.63) is 0 Å². The van der Waals surface area contributed by atoms with E-state index in [1.165, 1.54) is 0 Å². The lowest BCUT2D eigenvalue weighted by Gasteiger charge is -2.30. The number of aliphatic carboxylic acids is 1. The van der Waals surface area contributed by atoms with Crippen molar-refractivity contribution >= 4 is 29.7 Å². The highest BCUT2D eigenvalue weighted by Crippen LogP contribution is 2.12. The molecule has 0 aliphatic rings. The molecule has 8 N–H and O–H groups in total. The van der Waals surface area contributed by atoms with Gasteiger partial charge in [0, 0.05) is 32.6 Å². The van der Waals surface area contributed by atoms with Crippen LogP contribution in [0, 0.1) is 5.92 Å². The van der Waals surface area contributed by atoms with Gasteiger partial charge < -0.3 is 46.5 Å². The van der Waals surface area contributed by atoms with E-state index in [2.05, 4.69) is 20.9 Å². The monoisotopic (exact) mass is 588 g/mol. The third-order valence-corrected chi connectivity index (χ3v) is 5.78. The third kappa shape index (κ3) is 19.7. The van der Waals surface area contributed by atoms with Crippen LogP contribution in [-0.4, -0.2) is 111 Å². The predicted octanol–water partition coefficient (Wildman–Crippen LogP) is -0.0993. The van der Waals surface area contributed by atoms with E-state index >= 15 is 0 Å². The molecule has 0 saturated heterocycles. The molecule has 14 nitrogen and oxygen atoms in total. The first-order chi connectivity index (χ1) is 19.1. The van der Waals surface area contributed by atoms with E-state index in [0.29, 0.717) is 50.0 Å². The summed E-state index contributed by atoms with van der Waals surface area (Å²) >= 11 is 0. The Morgan fingerprint density at radius 1 is 0.927 bits per heavy atom. The lowest BCUT2D eigenvalue weighted by molar-refractivity contribution is -0.871. The Hall–Kier alpha value is -2.97. The van der Waals surface area contributed by atoms with Crippen molar-refractivity contribution < 1.29 is 38.2 Å². The van der Waals surface area contributed by atoms with Gasteiger partial charge >= 0.3 is 5.97 Å². The van der Waals surface area contributed by atoms with Crippen LogP contribution in [0.2, 0.25) is 0 Å². The van der Waals surface area contributed by atoms with E-state index in [1.54, 1.807) is 0 Å². The van der Waals surface area contributed by atoms with Gasteiger partial charge in [0.15, 0.2) is 12.2 Å². The van der Waals surface area contributed by atoms with Gasteiger partial charge in [0.2, 0.25) is 17.7 Å². The summed E-state index contributed by atoms with van der Waals surface area (Å²) < 4.78 is 11.9. The second-order valence-corrected chi connectivity index (χ2v) is 11.4. The number of rotatable bonds is 22. The first kappa shape index (κ1) is 38.0. The number of carbonyl (C=O) groups is 4. The minimum Gasteiger partial charge on any atom is -0.481 e. The molecule has 0 aliphatic heterocycles. The van der Waals surface area contributed by atoms with E-state index in [9.17, 15) is 24.3 Å². The van der Waals surface area contributed by atoms with Gasteiger partial charge in [-0.1, -0.05) is 13.8 Å². The van der Waals surface area contributed by atoms with Gasteiger partial charge in [-0.05, 0) is 39.0 Å². The fraction of sp³-hybridized carbons (Fsp3) is 0.815. The molecule has 3 unspecified atom stereocenters. The normalized spacial score (nSPS) is 13.8. The summed E-state index contributed by atoms with van der Waals surface area (Å²) in [6.07, 6.45) is 0.203. The zero-order valence-corrected chi connectivity index (χ0v) is 25.9. The van der Waals surface area contributed by atoms with Crippen molar-refractivity contribution in [2.45, 2.75) is 90.6 Å². The van der Waals surface area contributed by atoms with Crippen LogP contribution in [-0.2, 0) is 28.7 Å². The van der Waals surface area contributed by atoms with Crippen LogP contribution in [0.4, 0.5) is 0 Å². The summed E-state index contributed by atoms with van der Waals surface area (Å²) in [7, 11) is 5.69. The summed E-state index contributed by atoms with van der Waals surface area (Å²) in [6, 6.07) is -1.93. The molecule has 0 aromatic rings. The Balaban J connectivity index is 5.36. The molecule has 0 aromatic heterocycles. The predicted molar refractivity (Wildman–Crippen MR) is 157 cm³/mol. The molecule has 0 fully saturated rings. The lowest BCUT2D eigenvalue weighted by atomic mass is 10.0. The number of hydrogen-bond acceptors (Lipinski definition) is 7. The van der Waals surface area contributed by atoms with Crippen molar-refractivity contribution in [1.82, 2.24) is 16.0 Å². The van der Waals surface area contributed by atoms with Crippen molar-refractivity contribution in [3.63, 3.8) is 0 Å². The minimum atomic E-state index is -1.02. The van der Waals surface area contributed by atoms with Gasteiger partial charge in [-0.3, -0.25) is 24.2 Å². The highest BCUT2D eigenvalue weighted by Gasteiger charge is 2.29. The molecule has 0 bridgehead atoms. The molecule has 3 atom stereocenters. The number of carbonyl (C=O) groups excluding carboxylic acids is 3. The number of likely N-dealkylation sites (N-methyl/N-ethyl adjacent to an activating group) is 1. The van der Waals surface area contributed by atoms with Crippen molar-refractivity contribution in [2.24, 2.45) is 22.4 Å². The van der Waals surface area contributed by atoms with Crippen LogP contribution < -0.4 is 27.4 Å². The van der Waals surface area contributed by atoms with Crippen LogP contribution in [0.15, 0.2) is 4.99 Å². The van der Waals surface area contributed by atoms with Crippen LogP contribution in [0.1, 0.15) is 66.2 Å². The smallest absolute Gasteiger partial charge is 0.305 e. The molecular formula is C27H54N7O7+. The molecule has 0 spiro atoms. The summed E-state index contributed by atoms with van der Waals surface area (Å²) in [4.78, 5) is 53.8.